The van der Waals surface area contributed by atoms with E-state index < -0.39 is 32.7 Å². The molecule has 13 heteroatoms. The average molecular weight is 530 g/mol. The van der Waals surface area contributed by atoms with Crippen LogP contribution in [0.1, 0.15) is 44.7 Å². The van der Waals surface area contributed by atoms with Crippen LogP contribution < -0.4 is 14.2 Å². The molecule has 1 aromatic heterocycles. The maximum absolute atomic E-state index is 13.2. The maximum Gasteiger partial charge on any atom is 0.534 e. The Kier molecular flexibility index (Phi) is 7.41. The summed E-state index contributed by atoms with van der Waals surface area (Å²) in [4.78, 5) is 13.2. The lowest BCUT2D eigenvalue weighted by molar-refractivity contribution is -0.124. The molecule has 2 heterocycles. The number of carbonyl (C=O) groups is 1. The lowest BCUT2D eigenvalue weighted by Gasteiger charge is -2.38. The van der Waals surface area contributed by atoms with Crippen molar-refractivity contribution >= 4 is 32.5 Å². The van der Waals surface area contributed by atoms with Crippen LogP contribution in [0.3, 0.4) is 0 Å². The number of carbonyl (C=O) groups excluding carboxylic acids is 1. The van der Waals surface area contributed by atoms with Crippen LogP contribution in [-0.4, -0.2) is 30.0 Å². The molecule has 35 heavy (non-hydrogen) atoms. The van der Waals surface area contributed by atoms with E-state index in [-0.39, 0.29) is 11.7 Å². The van der Waals surface area contributed by atoms with Gasteiger partial charge in [-0.1, -0.05) is 63.3 Å². The highest BCUT2D eigenvalue weighted by Crippen LogP contribution is 2.53. The Bertz CT molecular complexity index is 1310. The molecular weight excluding hydrogens is 507 g/mol. The van der Waals surface area contributed by atoms with Crippen LogP contribution in [0.5, 0.6) is 17.2 Å². The van der Waals surface area contributed by atoms with E-state index >= 15 is 0 Å². The van der Waals surface area contributed by atoms with Crippen molar-refractivity contribution in [1.29, 1.82) is 0 Å². The predicted octanol–water partition coefficient (Wildman–Crippen LogP) is 5.70. The third kappa shape index (κ3) is 5.25. The summed E-state index contributed by atoms with van der Waals surface area (Å²) >= 11 is 1.15. The molecule has 0 saturated carbocycles. The number of nitrogens with one attached hydrogen (secondary N) is 1. The van der Waals surface area contributed by atoms with Crippen molar-refractivity contribution in [3.8, 4) is 17.2 Å². The summed E-state index contributed by atoms with van der Waals surface area (Å²) < 4.78 is 71.0. The van der Waals surface area contributed by atoms with E-state index in [2.05, 4.69) is 19.7 Å². The van der Waals surface area contributed by atoms with Gasteiger partial charge in [-0.2, -0.15) is 21.6 Å². The molecule has 4 rings (SSSR count). The molecule has 0 fully saturated rings. The Balaban J connectivity index is 0.00000167. The zero-order chi connectivity index (χ0) is 26.0. The molecule has 0 aliphatic carbocycles. The molecule has 1 atom stereocenters. The molecule has 188 valence electrons. The van der Waals surface area contributed by atoms with Crippen LogP contribution in [-0.2, 0) is 14.9 Å². The van der Waals surface area contributed by atoms with E-state index in [9.17, 15) is 26.4 Å². The smallest absolute Gasteiger partial charge is 0.457 e. The van der Waals surface area contributed by atoms with Crippen LogP contribution in [0.15, 0.2) is 48.0 Å². The SMILES string of the molecule is CC.CC(C)(C(=O)Nc1nncs1)C1c2ccccc2Oc2cc(OS(=O)(=O)C(F)(F)F)ccc21. The Morgan fingerprint density at radius 1 is 1.09 bits per heavy atom. The zero-order valence-corrected chi connectivity index (χ0v) is 20.7. The summed E-state index contributed by atoms with van der Waals surface area (Å²) in [6, 6.07) is 10.4. The third-order valence-electron chi connectivity index (χ3n) is 5.12. The van der Waals surface area contributed by atoms with Gasteiger partial charge in [-0.25, -0.2) is 0 Å². The van der Waals surface area contributed by atoms with E-state index in [1.165, 1.54) is 11.6 Å². The first-order valence-electron chi connectivity index (χ1n) is 10.4. The van der Waals surface area contributed by atoms with Gasteiger partial charge in [-0.05, 0) is 12.1 Å². The number of aromatic nitrogens is 2. The van der Waals surface area contributed by atoms with Crippen LogP contribution in [0.2, 0.25) is 0 Å². The number of halogens is 3. The summed E-state index contributed by atoms with van der Waals surface area (Å²) in [6.45, 7) is 7.41. The topological polar surface area (TPSA) is 107 Å². The fraction of sp³-hybridized carbons (Fsp3) is 0.318. The highest BCUT2D eigenvalue weighted by Gasteiger charge is 2.49. The van der Waals surface area contributed by atoms with Gasteiger partial charge < -0.3 is 14.2 Å². The van der Waals surface area contributed by atoms with Crippen molar-refractivity contribution in [1.82, 2.24) is 10.2 Å². The summed E-state index contributed by atoms with van der Waals surface area (Å²) in [6.07, 6.45) is 0. The predicted molar refractivity (Wildman–Crippen MR) is 124 cm³/mol. The standard InChI is InChI=1S/C20H16F3N3O5S2.C2H6/c1-19(2,17(27)25-18-26-24-10-32-18)16-12-5-3-4-6-14(12)30-15-9-11(7-8-13(15)16)31-33(28,29)20(21,22)23;1-2/h3-10,16H,1-2H3,(H,25,26,27);1-2H3. The normalized spacial score (nSPS) is 15.0. The molecule has 0 spiro atoms. The Morgan fingerprint density at radius 2 is 1.74 bits per heavy atom. The molecule has 1 amide bonds. The number of benzene rings is 2. The number of ether oxygens (including phenoxy) is 1. The zero-order valence-electron chi connectivity index (χ0n) is 19.1. The molecule has 0 radical (unpaired) electrons. The highest BCUT2D eigenvalue weighted by molar-refractivity contribution is 7.88. The minimum atomic E-state index is -5.85. The molecule has 8 nitrogen and oxygen atoms in total. The Hall–Kier alpha value is -3.19. The van der Waals surface area contributed by atoms with E-state index in [0.717, 1.165) is 23.5 Å². The fourth-order valence-electron chi connectivity index (χ4n) is 3.56. The average Bonchev–Trinajstić information content (AvgIpc) is 3.30. The van der Waals surface area contributed by atoms with Gasteiger partial charge in [-0.3, -0.25) is 4.79 Å². The molecule has 3 aromatic rings. The van der Waals surface area contributed by atoms with Gasteiger partial charge in [0.2, 0.25) is 11.0 Å². The first-order valence-corrected chi connectivity index (χ1v) is 12.7. The second-order valence-electron chi connectivity index (χ2n) is 7.68. The van der Waals surface area contributed by atoms with Crippen LogP contribution in [0.4, 0.5) is 18.3 Å². The number of amides is 1. The first kappa shape index (κ1) is 26.4. The summed E-state index contributed by atoms with van der Waals surface area (Å²) in [5.41, 5.74) is -4.04. The van der Waals surface area contributed by atoms with Crippen molar-refractivity contribution in [3.63, 3.8) is 0 Å². The molecule has 1 unspecified atom stereocenters. The molecule has 1 aliphatic heterocycles. The lowest BCUT2D eigenvalue weighted by Crippen LogP contribution is -2.38. The number of hydrogen-bond donors (Lipinski definition) is 1. The van der Waals surface area contributed by atoms with Crippen molar-refractivity contribution in [2.24, 2.45) is 5.41 Å². The summed E-state index contributed by atoms with van der Waals surface area (Å²) in [7, 11) is -5.85. The van der Waals surface area contributed by atoms with Crippen molar-refractivity contribution < 1.29 is 35.3 Å². The minimum absolute atomic E-state index is 0.0744. The summed E-state index contributed by atoms with van der Waals surface area (Å²) in [5, 5.41) is 10.5. The van der Waals surface area contributed by atoms with E-state index in [1.807, 2.05) is 13.8 Å². The number of fused-ring (bicyclic) bond motifs is 2. The second-order valence-corrected chi connectivity index (χ2v) is 10.0. The first-order chi connectivity index (χ1) is 16.4. The van der Waals surface area contributed by atoms with E-state index in [4.69, 9.17) is 4.74 Å². The maximum atomic E-state index is 13.2. The van der Waals surface area contributed by atoms with Crippen molar-refractivity contribution in [2.75, 3.05) is 5.32 Å². The number of hydrogen-bond acceptors (Lipinski definition) is 8. The highest BCUT2D eigenvalue weighted by atomic mass is 32.2. The van der Waals surface area contributed by atoms with Crippen molar-refractivity contribution in [3.05, 3.63) is 59.1 Å². The largest absolute Gasteiger partial charge is 0.534 e. The lowest BCUT2D eigenvalue weighted by atomic mass is 9.69. The van der Waals surface area contributed by atoms with Gasteiger partial charge in [0.25, 0.3) is 0 Å². The molecule has 2 aromatic carbocycles. The van der Waals surface area contributed by atoms with Crippen LogP contribution in [0, 0.1) is 5.41 Å². The third-order valence-corrected chi connectivity index (χ3v) is 6.71. The van der Waals surface area contributed by atoms with E-state index in [0.29, 0.717) is 22.0 Å². The molecule has 1 aliphatic rings. The Labute approximate surface area is 204 Å². The fourth-order valence-corrected chi connectivity index (χ4v) is 4.45. The van der Waals surface area contributed by atoms with Gasteiger partial charge in [0, 0.05) is 23.1 Å². The van der Waals surface area contributed by atoms with Gasteiger partial charge in [0.1, 0.15) is 22.8 Å². The number of rotatable bonds is 5. The molecule has 0 saturated heterocycles. The summed E-state index contributed by atoms with van der Waals surface area (Å²) in [5.74, 6) is -1.07. The number of para-hydroxylation sites is 1. The quantitative estimate of drug-likeness (QED) is 0.334. The molecular formula is C22H22F3N3O5S2. The molecule has 0 bridgehead atoms. The monoisotopic (exact) mass is 529 g/mol. The van der Waals surface area contributed by atoms with Crippen LogP contribution >= 0.6 is 11.3 Å². The van der Waals surface area contributed by atoms with Gasteiger partial charge >= 0.3 is 15.6 Å². The molecule has 1 N–H and O–H groups in total. The van der Waals surface area contributed by atoms with Gasteiger partial charge in [0.15, 0.2) is 0 Å². The minimum Gasteiger partial charge on any atom is -0.457 e. The number of nitrogens with zero attached hydrogens (tertiary/aromatic N) is 2. The van der Waals surface area contributed by atoms with Crippen molar-refractivity contribution in [2.45, 2.75) is 39.1 Å². The van der Waals surface area contributed by atoms with E-state index in [1.54, 1.807) is 38.1 Å². The second kappa shape index (κ2) is 9.82. The number of alkyl halides is 3. The Morgan fingerprint density at radius 3 is 2.37 bits per heavy atom. The number of anilines is 1. The van der Waals surface area contributed by atoms with Crippen LogP contribution in [0.25, 0.3) is 0 Å². The van der Waals surface area contributed by atoms with Gasteiger partial charge in [0.05, 0.1) is 5.41 Å². The van der Waals surface area contributed by atoms with Gasteiger partial charge in [-0.15, -0.1) is 10.2 Å².